The molecule has 0 spiro atoms. The summed E-state index contributed by atoms with van der Waals surface area (Å²) in [6, 6.07) is 14.1. The van der Waals surface area contributed by atoms with Gasteiger partial charge in [0.15, 0.2) is 6.61 Å². The van der Waals surface area contributed by atoms with Gasteiger partial charge in [-0.25, -0.2) is 9.78 Å². The van der Waals surface area contributed by atoms with Gasteiger partial charge in [-0.15, -0.1) is 0 Å². The fraction of sp³-hybridized carbons (Fsp3) is 0.400. The summed E-state index contributed by atoms with van der Waals surface area (Å²) in [4.78, 5) is 19.9. The van der Waals surface area contributed by atoms with Crippen LogP contribution in [0, 0.1) is 0 Å². The number of ether oxygens (including phenoxy) is 1. The van der Waals surface area contributed by atoms with E-state index in [1.54, 1.807) is 0 Å². The van der Waals surface area contributed by atoms with Gasteiger partial charge in [0.05, 0.1) is 0 Å². The van der Waals surface area contributed by atoms with E-state index in [9.17, 15) is 4.79 Å². The van der Waals surface area contributed by atoms with Crippen LogP contribution in [-0.2, 0) is 11.3 Å². The maximum absolute atomic E-state index is 10.8. The molecule has 2 aromatic rings. The fourth-order valence-electron chi connectivity index (χ4n) is 3.38. The quantitative estimate of drug-likeness (QED) is 0.824. The van der Waals surface area contributed by atoms with Crippen molar-refractivity contribution in [2.45, 2.75) is 25.4 Å². The lowest BCUT2D eigenvalue weighted by molar-refractivity contribution is -0.139. The zero-order valence-corrected chi connectivity index (χ0v) is 15.0. The number of aliphatic carboxylic acids is 1. The van der Waals surface area contributed by atoms with Gasteiger partial charge in [-0.1, -0.05) is 24.3 Å². The van der Waals surface area contributed by atoms with Crippen LogP contribution in [0.5, 0.6) is 5.75 Å². The van der Waals surface area contributed by atoms with E-state index in [0.717, 1.165) is 43.9 Å². The summed E-state index contributed by atoms with van der Waals surface area (Å²) in [6.45, 7) is 2.36. The number of aromatic nitrogens is 1. The van der Waals surface area contributed by atoms with Crippen molar-refractivity contribution in [2.75, 3.05) is 31.6 Å². The number of piperidine rings is 1. The maximum atomic E-state index is 10.8. The zero-order valence-electron chi connectivity index (χ0n) is 15.0. The van der Waals surface area contributed by atoms with E-state index in [-0.39, 0.29) is 6.61 Å². The summed E-state index contributed by atoms with van der Waals surface area (Å²) in [6.07, 6.45) is 4.10. The molecule has 1 aromatic carbocycles. The number of para-hydroxylation sites is 1. The number of nitrogens with zero attached hydrogens (tertiary/aromatic N) is 3. The van der Waals surface area contributed by atoms with E-state index >= 15 is 0 Å². The van der Waals surface area contributed by atoms with Gasteiger partial charge >= 0.3 is 5.97 Å². The minimum absolute atomic E-state index is 0.322. The molecule has 2 heterocycles. The molecule has 138 valence electrons. The van der Waals surface area contributed by atoms with Gasteiger partial charge < -0.3 is 14.7 Å². The number of anilines is 1. The molecule has 1 atom stereocenters. The molecule has 6 nitrogen and oxygen atoms in total. The number of likely N-dealkylation sites (N-methyl/N-ethyl adjacent to an activating group) is 1. The molecule has 0 saturated carbocycles. The summed E-state index contributed by atoms with van der Waals surface area (Å²) in [7, 11) is 2.11. The van der Waals surface area contributed by atoms with Crippen molar-refractivity contribution in [1.29, 1.82) is 0 Å². The predicted molar refractivity (Wildman–Crippen MR) is 101 cm³/mol. The predicted octanol–water partition coefficient (Wildman–Crippen LogP) is 2.65. The van der Waals surface area contributed by atoms with Crippen molar-refractivity contribution in [3.05, 3.63) is 54.2 Å². The van der Waals surface area contributed by atoms with Crippen molar-refractivity contribution >= 4 is 11.8 Å². The van der Waals surface area contributed by atoms with Gasteiger partial charge in [0.2, 0.25) is 0 Å². The molecule has 1 saturated heterocycles. The molecule has 1 aliphatic heterocycles. The Balaban J connectivity index is 1.64. The zero-order chi connectivity index (χ0) is 18.4. The van der Waals surface area contributed by atoms with Gasteiger partial charge in [-0.3, -0.25) is 4.90 Å². The van der Waals surface area contributed by atoms with E-state index in [1.165, 1.54) is 0 Å². The lowest BCUT2D eigenvalue weighted by atomic mass is 10.0. The summed E-state index contributed by atoms with van der Waals surface area (Å²) >= 11 is 0. The van der Waals surface area contributed by atoms with E-state index in [0.29, 0.717) is 11.8 Å². The second-order valence-corrected chi connectivity index (χ2v) is 6.64. The average molecular weight is 355 g/mol. The van der Waals surface area contributed by atoms with Crippen LogP contribution in [-0.4, -0.2) is 53.7 Å². The van der Waals surface area contributed by atoms with Crippen LogP contribution < -0.4 is 9.64 Å². The smallest absolute Gasteiger partial charge is 0.341 e. The molecule has 0 amide bonds. The largest absolute Gasteiger partial charge is 0.482 e. The molecule has 1 aliphatic rings. The van der Waals surface area contributed by atoms with E-state index in [2.05, 4.69) is 27.9 Å². The molecule has 0 aliphatic carbocycles. The highest BCUT2D eigenvalue weighted by Gasteiger charge is 2.24. The Bertz CT molecular complexity index is 723. The Hall–Kier alpha value is -2.60. The topological polar surface area (TPSA) is 65.9 Å². The third-order valence-corrected chi connectivity index (χ3v) is 4.74. The number of benzene rings is 1. The first-order valence-electron chi connectivity index (χ1n) is 8.92. The number of pyridine rings is 1. The summed E-state index contributed by atoms with van der Waals surface area (Å²) < 4.78 is 5.43. The van der Waals surface area contributed by atoms with E-state index < -0.39 is 5.97 Å². The van der Waals surface area contributed by atoms with E-state index in [1.807, 2.05) is 42.6 Å². The van der Waals surface area contributed by atoms with Crippen LogP contribution in [0.25, 0.3) is 0 Å². The second kappa shape index (κ2) is 8.67. The molecule has 6 heteroatoms. The van der Waals surface area contributed by atoms with Gasteiger partial charge in [0.25, 0.3) is 0 Å². The highest BCUT2D eigenvalue weighted by atomic mass is 16.5. The SMILES string of the molecule is CN(Cc1ccccc1OCC(=O)O)[C@@H]1CCCN(c2ccccn2)C1. The standard InChI is InChI=1S/C20H25N3O3/c1-22(13-16-7-2-3-9-18(16)26-15-20(24)25)17-8-6-12-23(14-17)19-10-4-5-11-21-19/h2-5,7,9-11,17H,6,8,12-15H2,1H3,(H,24,25)/t17-/m1/s1. The Kier molecular flexibility index (Phi) is 6.07. The molecule has 1 fully saturated rings. The minimum atomic E-state index is -0.966. The van der Waals surface area contributed by atoms with Crippen LogP contribution in [0.1, 0.15) is 18.4 Å². The number of carbonyl (C=O) groups is 1. The number of carboxylic acid groups (broad SMARTS) is 1. The molecule has 1 aromatic heterocycles. The van der Waals surface area contributed by atoms with Crippen LogP contribution >= 0.6 is 0 Å². The summed E-state index contributed by atoms with van der Waals surface area (Å²) in [5, 5.41) is 8.84. The molecule has 0 unspecified atom stereocenters. The summed E-state index contributed by atoms with van der Waals surface area (Å²) in [5.41, 5.74) is 1.01. The molecule has 1 N–H and O–H groups in total. The molecule has 3 rings (SSSR count). The Morgan fingerprint density at radius 2 is 2.12 bits per heavy atom. The van der Waals surface area contributed by atoms with Gasteiger partial charge in [0, 0.05) is 37.4 Å². The number of hydrogen-bond acceptors (Lipinski definition) is 5. The third-order valence-electron chi connectivity index (χ3n) is 4.74. The Morgan fingerprint density at radius 3 is 2.88 bits per heavy atom. The first-order chi connectivity index (χ1) is 12.6. The lowest BCUT2D eigenvalue weighted by Crippen LogP contribution is -2.46. The minimum Gasteiger partial charge on any atom is -0.482 e. The van der Waals surface area contributed by atoms with Crippen molar-refractivity contribution in [3.8, 4) is 5.75 Å². The molecule has 0 radical (unpaired) electrons. The van der Waals surface area contributed by atoms with Crippen molar-refractivity contribution in [1.82, 2.24) is 9.88 Å². The highest BCUT2D eigenvalue weighted by Crippen LogP contribution is 2.24. The maximum Gasteiger partial charge on any atom is 0.341 e. The van der Waals surface area contributed by atoms with Crippen LogP contribution in [0.2, 0.25) is 0 Å². The first-order valence-corrected chi connectivity index (χ1v) is 8.92. The van der Waals surface area contributed by atoms with Crippen molar-refractivity contribution in [2.24, 2.45) is 0 Å². The van der Waals surface area contributed by atoms with Gasteiger partial charge in [-0.2, -0.15) is 0 Å². The molecule has 26 heavy (non-hydrogen) atoms. The normalized spacial score (nSPS) is 17.3. The second-order valence-electron chi connectivity index (χ2n) is 6.64. The van der Waals surface area contributed by atoms with Gasteiger partial charge in [0.1, 0.15) is 11.6 Å². The fourth-order valence-corrected chi connectivity index (χ4v) is 3.38. The van der Waals surface area contributed by atoms with Gasteiger partial charge in [-0.05, 0) is 38.1 Å². The van der Waals surface area contributed by atoms with Crippen molar-refractivity contribution < 1.29 is 14.6 Å². The van der Waals surface area contributed by atoms with Crippen molar-refractivity contribution in [3.63, 3.8) is 0 Å². The molecular formula is C20H25N3O3. The van der Waals surface area contributed by atoms with Crippen LogP contribution in [0.15, 0.2) is 48.7 Å². The Labute approximate surface area is 154 Å². The van der Waals surface area contributed by atoms with Crippen LogP contribution in [0.4, 0.5) is 5.82 Å². The third kappa shape index (κ3) is 4.73. The summed E-state index contributed by atoms with van der Waals surface area (Å²) in [5.74, 6) is 0.696. The number of hydrogen-bond donors (Lipinski definition) is 1. The number of carboxylic acids is 1. The Morgan fingerprint density at radius 1 is 1.31 bits per heavy atom. The number of rotatable bonds is 7. The average Bonchev–Trinajstić information content (AvgIpc) is 2.68. The van der Waals surface area contributed by atoms with Crippen LogP contribution in [0.3, 0.4) is 0 Å². The highest BCUT2D eigenvalue weighted by molar-refractivity contribution is 5.68. The van der Waals surface area contributed by atoms with E-state index in [4.69, 9.17) is 9.84 Å². The first kappa shape index (κ1) is 18.2. The lowest BCUT2D eigenvalue weighted by Gasteiger charge is -2.38. The molecular weight excluding hydrogens is 330 g/mol. The molecule has 0 bridgehead atoms. The monoisotopic (exact) mass is 355 g/mol.